The third-order valence-corrected chi connectivity index (χ3v) is 5.97. The molecule has 0 radical (unpaired) electrons. The van der Waals surface area contributed by atoms with Crippen molar-refractivity contribution in [3.63, 3.8) is 0 Å². The summed E-state index contributed by atoms with van der Waals surface area (Å²) in [6.07, 6.45) is 3.72. The van der Waals surface area contributed by atoms with E-state index in [1.165, 1.54) is 0 Å². The molecule has 0 aliphatic carbocycles. The van der Waals surface area contributed by atoms with Gasteiger partial charge < -0.3 is 0 Å². The van der Waals surface area contributed by atoms with Crippen molar-refractivity contribution in [3.8, 4) is 0 Å². The van der Waals surface area contributed by atoms with Gasteiger partial charge in [-0.15, -0.1) is 0 Å². The lowest BCUT2D eigenvalue weighted by Crippen LogP contribution is -2.49. The average molecular weight is 334 g/mol. The Balaban J connectivity index is 1.49. The van der Waals surface area contributed by atoms with Crippen molar-refractivity contribution in [2.75, 3.05) is 32.7 Å². The van der Waals surface area contributed by atoms with E-state index in [1.807, 2.05) is 47.3 Å². The molecule has 1 aromatic heterocycles. The number of nitrogens with zero attached hydrogens (tertiary/aromatic N) is 4. The zero-order chi connectivity index (χ0) is 16.1. The first kappa shape index (κ1) is 16.2. The van der Waals surface area contributed by atoms with Gasteiger partial charge in [0, 0.05) is 45.1 Å². The third kappa shape index (κ3) is 4.40. The fourth-order valence-electron chi connectivity index (χ4n) is 2.78. The first-order valence-electron chi connectivity index (χ1n) is 7.85. The summed E-state index contributed by atoms with van der Waals surface area (Å²) in [7, 11) is -3.23. The molecule has 0 amide bonds. The standard InChI is InChI=1S/C16H22N4O2S/c21-23(22,15-16-5-2-1-3-6-16)20-13-10-18(11-14-20)9-12-19-8-4-7-17-19/h1-8H,9-15H2. The average Bonchev–Trinajstić information content (AvgIpc) is 3.07. The van der Waals surface area contributed by atoms with Crippen molar-refractivity contribution >= 4 is 10.0 Å². The third-order valence-electron chi connectivity index (χ3n) is 4.12. The van der Waals surface area contributed by atoms with Crippen LogP contribution in [0.2, 0.25) is 0 Å². The Labute approximate surface area is 137 Å². The number of rotatable bonds is 6. The quantitative estimate of drug-likeness (QED) is 0.792. The SMILES string of the molecule is O=S(=O)(Cc1ccccc1)N1CCN(CCn2cccn2)CC1. The molecule has 6 nitrogen and oxygen atoms in total. The molecular formula is C16H22N4O2S. The maximum Gasteiger partial charge on any atom is 0.218 e. The molecule has 2 aromatic rings. The van der Waals surface area contributed by atoms with Crippen molar-refractivity contribution in [1.82, 2.24) is 19.0 Å². The molecule has 0 atom stereocenters. The van der Waals surface area contributed by atoms with Crippen LogP contribution in [-0.4, -0.2) is 60.1 Å². The molecule has 1 aliphatic rings. The number of aromatic nitrogens is 2. The van der Waals surface area contributed by atoms with E-state index in [4.69, 9.17) is 0 Å². The van der Waals surface area contributed by atoms with Crippen LogP contribution in [0, 0.1) is 0 Å². The Morgan fingerprint density at radius 2 is 1.70 bits per heavy atom. The number of sulfonamides is 1. The molecule has 23 heavy (non-hydrogen) atoms. The van der Waals surface area contributed by atoms with E-state index in [2.05, 4.69) is 10.00 Å². The minimum atomic E-state index is -3.23. The highest BCUT2D eigenvalue weighted by molar-refractivity contribution is 7.88. The fourth-order valence-corrected chi connectivity index (χ4v) is 4.30. The second-order valence-electron chi connectivity index (χ2n) is 5.75. The Morgan fingerprint density at radius 1 is 0.957 bits per heavy atom. The zero-order valence-electron chi connectivity index (χ0n) is 13.1. The fraction of sp³-hybridized carbons (Fsp3) is 0.438. The van der Waals surface area contributed by atoms with Crippen molar-refractivity contribution in [3.05, 3.63) is 54.4 Å². The Hall–Kier alpha value is -1.70. The van der Waals surface area contributed by atoms with E-state index in [9.17, 15) is 8.42 Å². The Kier molecular flexibility index (Phi) is 5.09. The second-order valence-corrected chi connectivity index (χ2v) is 7.72. The van der Waals surface area contributed by atoms with Gasteiger partial charge in [-0.1, -0.05) is 30.3 Å². The summed E-state index contributed by atoms with van der Waals surface area (Å²) in [6, 6.07) is 11.3. The highest BCUT2D eigenvalue weighted by Crippen LogP contribution is 2.13. The van der Waals surface area contributed by atoms with E-state index >= 15 is 0 Å². The topological polar surface area (TPSA) is 58.4 Å². The molecule has 1 aromatic carbocycles. The van der Waals surface area contributed by atoms with Gasteiger partial charge in [-0.3, -0.25) is 9.58 Å². The van der Waals surface area contributed by atoms with Gasteiger partial charge in [0.1, 0.15) is 0 Å². The lowest BCUT2D eigenvalue weighted by atomic mass is 10.2. The summed E-state index contributed by atoms with van der Waals surface area (Å²) >= 11 is 0. The Morgan fingerprint density at radius 3 is 2.35 bits per heavy atom. The van der Waals surface area contributed by atoms with Crippen molar-refractivity contribution in [2.24, 2.45) is 0 Å². The van der Waals surface area contributed by atoms with Crippen LogP contribution in [0.5, 0.6) is 0 Å². The van der Waals surface area contributed by atoms with Crippen molar-refractivity contribution in [2.45, 2.75) is 12.3 Å². The molecule has 0 bridgehead atoms. The number of piperazine rings is 1. The molecule has 1 saturated heterocycles. The van der Waals surface area contributed by atoms with Crippen LogP contribution in [0.1, 0.15) is 5.56 Å². The van der Waals surface area contributed by atoms with E-state index in [1.54, 1.807) is 10.5 Å². The van der Waals surface area contributed by atoms with Gasteiger partial charge in [0.25, 0.3) is 0 Å². The minimum Gasteiger partial charge on any atom is -0.299 e. The molecule has 124 valence electrons. The molecule has 0 unspecified atom stereocenters. The molecule has 7 heteroatoms. The van der Waals surface area contributed by atoms with E-state index in [0.29, 0.717) is 13.1 Å². The van der Waals surface area contributed by atoms with Gasteiger partial charge in [0.05, 0.1) is 12.3 Å². The normalized spacial score (nSPS) is 17.4. The van der Waals surface area contributed by atoms with Gasteiger partial charge >= 0.3 is 0 Å². The number of hydrogen-bond donors (Lipinski definition) is 0. The highest BCUT2D eigenvalue weighted by Gasteiger charge is 2.26. The minimum absolute atomic E-state index is 0.0845. The second kappa shape index (κ2) is 7.25. The molecule has 1 fully saturated rings. The smallest absolute Gasteiger partial charge is 0.218 e. The van der Waals surface area contributed by atoms with E-state index < -0.39 is 10.0 Å². The van der Waals surface area contributed by atoms with Crippen LogP contribution in [-0.2, 0) is 22.3 Å². The maximum atomic E-state index is 12.5. The maximum absolute atomic E-state index is 12.5. The van der Waals surface area contributed by atoms with Crippen LogP contribution in [0.4, 0.5) is 0 Å². The monoisotopic (exact) mass is 334 g/mol. The molecule has 0 saturated carbocycles. The zero-order valence-corrected chi connectivity index (χ0v) is 13.9. The molecular weight excluding hydrogens is 312 g/mol. The van der Waals surface area contributed by atoms with Crippen LogP contribution >= 0.6 is 0 Å². The summed E-state index contributed by atoms with van der Waals surface area (Å²) in [5.74, 6) is 0.0845. The predicted molar refractivity (Wildman–Crippen MR) is 89.3 cm³/mol. The molecule has 2 heterocycles. The van der Waals surface area contributed by atoms with E-state index in [0.717, 1.165) is 31.7 Å². The van der Waals surface area contributed by atoms with Gasteiger partial charge in [-0.25, -0.2) is 8.42 Å². The lowest BCUT2D eigenvalue weighted by Gasteiger charge is -2.33. The molecule has 1 aliphatic heterocycles. The number of benzene rings is 1. The van der Waals surface area contributed by atoms with Gasteiger partial charge in [-0.2, -0.15) is 9.40 Å². The van der Waals surface area contributed by atoms with Crippen LogP contribution in [0.25, 0.3) is 0 Å². The van der Waals surface area contributed by atoms with Crippen molar-refractivity contribution in [1.29, 1.82) is 0 Å². The summed E-state index contributed by atoms with van der Waals surface area (Å²) in [4.78, 5) is 2.29. The van der Waals surface area contributed by atoms with E-state index in [-0.39, 0.29) is 5.75 Å². The highest BCUT2D eigenvalue weighted by atomic mass is 32.2. The molecule has 0 spiro atoms. The predicted octanol–water partition coefficient (Wildman–Crippen LogP) is 1.03. The van der Waals surface area contributed by atoms with Gasteiger partial charge in [0.15, 0.2) is 0 Å². The Bertz CT molecular complexity index is 693. The van der Waals surface area contributed by atoms with Crippen LogP contribution in [0.3, 0.4) is 0 Å². The van der Waals surface area contributed by atoms with Gasteiger partial charge in [0.2, 0.25) is 10.0 Å². The van der Waals surface area contributed by atoms with Gasteiger partial charge in [-0.05, 0) is 11.6 Å². The van der Waals surface area contributed by atoms with Crippen LogP contribution < -0.4 is 0 Å². The molecule has 0 N–H and O–H groups in total. The van der Waals surface area contributed by atoms with Crippen LogP contribution in [0.15, 0.2) is 48.8 Å². The number of hydrogen-bond acceptors (Lipinski definition) is 4. The summed E-state index contributed by atoms with van der Waals surface area (Å²) in [5.41, 5.74) is 0.841. The summed E-state index contributed by atoms with van der Waals surface area (Å²) < 4.78 is 28.5. The first-order valence-corrected chi connectivity index (χ1v) is 9.46. The first-order chi connectivity index (χ1) is 11.1. The van der Waals surface area contributed by atoms with Crippen molar-refractivity contribution < 1.29 is 8.42 Å². The lowest BCUT2D eigenvalue weighted by molar-refractivity contribution is 0.181. The molecule has 3 rings (SSSR count). The summed E-state index contributed by atoms with van der Waals surface area (Å²) in [5, 5.41) is 4.19. The largest absolute Gasteiger partial charge is 0.299 e. The summed E-state index contributed by atoms with van der Waals surface area (Å²) in [6.45, 7) is 4.41.